The Kier molecular flexibility index (Phi) is 3.64. The zero-order valence-electron chi connectivity index (χ0n) is 11.9. The fourth-order valence-corrected chi connectivity index (χ4v) is 3.10. The number of halogens is 1. The minimum absolute atomic E-state index is 0.149. The predicted molar refractivity (Wildman–Crippen MR) is 77.1 cm³/mol. The van der Waals surface area contributed by atoms with Crippen molar-refractivity contribution in [3.8, 4) is 0 Å². The summed E-state index contributed by atoms with van der Waals surface area (Å²) >= 11 is 0. The van der Waals surface area contributed by atoms with Gasteiger partial charge in [-0.1, -0.05) is 18.6 Å². The van der Waals surface area contributed by atoms with Gasteiger partial charge in [0.2, 0.25) is 5.91 Å². The highest BCUT2D eigenvalue weighted by Crippen LogP contribution is 2.30. The van der Waals surface area contributed by atoms with E-state index in [9.17, 15) is 9.18 Å². The van der Waals surface area contributed by atoms with E-state index < -0.39 is 0 Å². The van der Waals surface area contributed by atoms with Crippen molar-refractivity contribution in [1.29, 1.82) is 0 Å². The van der Waals surface area contributed by atoms with Crippen LogP contribution in [-0.2, 0) is 4.79 Å². The largest absolute Gasteiger partial charge is 0.365 e. The minimum atomic E-state index is -0.182. The van der Waals surface area contributed by atoms with Crippen LogP contribution in [0.5, 0.6) is 0 Å². The highest BCUT2D eigenvalue weighted by molar-refractivity contribution is 5.80. The molecule has 20 heavy (non-hydrogen) atoms. The summed E-state index contributed by atoms with van der Waals surface area (Å²) in [6.07, 6.45) is 3.26. The lowest BCUT2D eigenvalue weighted by Crippen LogP contribution is -2.56. The third-order valence-corrected chi connectivity index (χ3v) is 4.56. The van der Waals surface area contributed by atoms with Gasteiger partial charge in [0.1, 0.15) is 5.82 Å². The molecule has 1 amide bonds. The highest BCUT2D eigenvalue weighted by Gasteiger charge is 2.34. The molecule has 1 aromatic rings. The van der Waals surface area contributed by atoms with Crippen LogP contribution in [0.4, 0.5) is 10.1 Å². The molecule has 0 bridgehead atoms. The number of anilines is 1. The Balaban J connectivity index is 1.67. The first-order valence-electron chi connectivity index (χ1n) is 7.47. The van der Waals surface area contributed by atoms with Crippen LogP contribution in [-0.4, -0.2) is 36.5 Å². The number of hydrogen-bond acceptors (Lipinski definition) is 2. The quantitative estimate of drug-likeness (QED) is 0.829. The molecule has 0 aromatic heterocycles. The smallest absolute Gasteiger partial charge is 0.226 e. The molecule has 2 fully saturated rings. The zero-order valence-corrected chi connectivity index (χ0v) is 11.9. The molecule has 2 aliphatic rings. The summed E-state index contributed by atoms with van der Waals surface area (Å²) in [7, 11) is 0. The molecule has 1 aromatic carbocycles. The van der Waals surface area contributed by atoms with E-state index in [1.165, 1.54) is 12.5 Å². The van der Waals surface area contributed by atoms with Gasteiger partial charge in [-0.2, -0.15) is 0 Å². The Labute approximate surface area is 119 Å². The van der Waals surface area contributed by atoms with Crippen LogP contribution in [0.3, 0.4) is 0 Å². The van der Waals surface area contributed by atoms with Crippen molar-refractivity contribution in [3.63, 3.8) is 0 Å². The lowest BCUT2D eigenvalue weighted by molar-refractivity contribution is -0.140. The van der Waals surface area contributed by atoms with Crippen LogP contribution in [0.1, 0.15) is 26.2 Å². The number of para-hydroxylation sites is 1. The molecule has 0 spiro atoms. The lowest BCUT2D eigenvalue weighted by Gasteiger charge is -2.43. The van der Waals surface area contributed by atoms with Gasteiger partial charge in [0.25, 0.3) is 0 Å². The van der Waals surface area contributed by atoms with E-state index in [-0.39, 0.29) is 17.8 Å². The third kappa shape index (κ3) is 2.39. The van der Waals surface area contributed by atoms with Crippen molar-refractivity contribution in [2.75, 3.05) is 24.5 Å². The van der Waals surface area contributed by atoms with E-state index in [0.29, 0.717) is 31.2 Å². The zero-order chi connectivity index (χ0) is 14.1. The SMILES string of the molecule is C[C@H]1CN(c2ccccc2F)CCN1C(=O)C1CCC1. The maximum Gasteiger partial charge on any atom is 0.226 e. The first-order chi connectivity index (χ1) is 9.66. The van der Waals surface area contributed by atoms with Gasteiger partial charge in [-0.3, -0.25) is 4.79 Å². The number of carbonyl (C=O) groups excluding carboxylic acids is 1. The molecule has 108 valence electrons. The normalized spacial score (nSPS) is 23.6. The Bertz CT molecular complexity index is 501. The molecule has 1 heterocycles. The van der Waals surface area contributed by atoms with Crippen molar-refractivity contribution in [1.82, 2.24) is 4.90 Å². The van der Waals surface area contributed by atoms with Crippen molar-refractivity contribution >= 4 is 11.6 Å². The molecule has 0 unspecified atom stereocenters. The summed E-state index contributed by atoms with van der Waals surface area (Å²) in [5, 5.41) is 0. The summed E-state index contributed by atoms with van der Waals surface area (Å²) in [5.41, 5.74) is 0.648. The first-order valence-corrected chi connectivity index (χ1v) is 7.47. The summed E-state index contributed by atoms with van der Waals surface area (Å²) in [5.74, 6) is 0.368. The first kappa shape index (κ1) is 13.4. The number of nitrogens with zero attached hydrogens (tertiary/aromatic N) is 2. The summed E-state index contributed by atoms with van der Waals surface area (Å²) in [6.45, 7) is 4.18. The fourth-order valence-electron chi connectivity index (χ4n) is 3.10. The van der Waals surface area contributed by atoms with E-state index in [1.54, 1.807) is 6.07 Å². The number of piperazine rings is 1. The van der Waals surface area contributed by atoms with Gasteiger partial charge in [0, 0.05) is 31.6 Å². The maximum atomic E-state index is 13.8. The van der Waals surface area contributed by atoms with Crippen LogP contribution in [0.25, 0.3) is 0 Å². The molecular formula is C16H21FN2O. The summed E-state index contributed by atoms with van der Waals surface area (Å²) in [6, 6.07) is 7.02. The molecule has 0 radical (unpaired) electrons. The van der Waals surface area contributed by atoms with Crippen LogP contribution in [0.15, 0.2) is 24.3 Å². The highest BCUT2D eigenvalue weighted by atomic mass is 19.1. The van der Waals surface area contributed by atoms with Gasteiger partial charge in [-0.15, -0.1) is 0 Å². The molecular weight excluding hydrogens is 255 g/mol. The van der Waals surface area contributed by atoms with Gasteiger partial charge >= 0.3 is 0 Å². The maximum absolute atomic E-state index is 13.8. The Morgan fingerprint density at radius 3 is 2.60 bits per heavy atom. The van der Waals surface area contributed by atoms with Crippen molar-refractivity contribution in [2.24, 2.45) is 5.92 Å². The molecule has 4 heteroatoms. The molecule has 1 saturated heterocycles. The molecule has 1 aliphatic heterocycles. The molecule has 1 atom stereocenters. The second kappa shape index (κ2) is 5.43. The molecule has 0 N–H and O–H groups in total. The van der Waals surface area contributed by atoms with E-state index >= 15 is 0 Å². The van der Waals surface area contributed by atoms with Gasteiger partial charge < -0.3 is 9.80 Å². The number of amides is 1. The van der Waals surface area contributed by atoms with Crippen molar-refractivity contribution in [3.05, 3.63) is 30.1 Å². The molecule has 1 saturated carbocycles. The molecule has 1 aliphatic carbocycles. The summed E-state index contributed by atoms with van der Waals surface area (Å²) in [4.78, 5) is 16.4. The van der Waals surface area contributed by atoms with E-state index in [4.69, 9.17) is 0 Å². The standard InChI is InChI=1S/C16H21FN2O/c1-12-11-18(15-8-3-2-7-14(15)17)9-10-19(12)16(20)13-5-4-6-13/h2-3,7-8,12-13H,4-6,9-11H2,1H3/t12-/m0/s1. The number of rotatable bonds is 2. The average molecular weight is 276 g/mol. The van der Waals surface area contributed by atoms with Crippen molar-refractivity contribution in [2.45, 2.75) is 32.2 Å². The van der Waals surface area contributed by atoms with Gasteiger partial charge in [-0.05, 0) is 31.9 Å². The van der Waals surface area contributed by atoms with E-state index in [1.807, 2.05) is 21.9 Å². The van der Waals surface area contributed by atoms with Crippen LogP contribution in [0, 0.1) is 11.7 Å². The average Bonchev–Trinajstić information content (AvgIpc) is 2.37. The third-order valence-electron chi connectivity index (χ3n) is 4.56. The number of carbonyl (C=O) groups is 1. The molecule has 3 nitrogen and oxygen atoms in total. The summed E-state index contributed by atoms with van der Waals surface area (Å²) < 4.78 is 13.8. The second-order valence-electron chi connectivity index (χ2n) is 5.91. The fraction of sp³-hybridized carbons (Fsp3) is 0.562. The van der Waals surface area contributed by atoms with Gasteiger partial charge in [0.05, 0.1) is 5.69 Å². The van der Waals surface area contributed by atoms with Crippen molar-refractivity contribution < 1.29 is 9.18 Å². The van der Waals surface area contributed by atoms with Crippen LogP contribution >= 0.6 is 0 Å². The Morgan fingerprint density at radius 2 is 2.00 bits per heavy atom. The predicted octanol–water partition coefficient (Wildman–Crippen LogP) is 2.66. The van der Waals surface area contributed by atoms with Gasteiger partial charge in [0.15, 0.2) is 0 Å². The Hall–Kier alpha value is -1.58. The van der Waals surface area contributed by atoms with E-state index in [0.717, 1.165) is 12.8 Å². The topological polar surface area (TPSA) is 23.6 Å². The minimum Gasteiger partial charge on any atom is -0.365 e. The monoisotopic (exact) mass is 276 g/mol. The Morgan fingerprint density at radius 1 is 1.25 bits per heavy atom. The van der Waals surface area contributed by atoms with Crippen LogP contribution < -0.4 is 4.90 Å². The van der Waals surface area contributed by atoms with Crippen LogP contribution in [0.2, 0.25) is 0 Å². The number of benzene rings is 1. The number of hydrogen-bond donors (Lipinski definition) is 0. The molecule has 3 rings (SSSR count). The van der Waals surface area contributed by atoms with E-state index in [2.05, 4.69) is 6.92 Å². The second-order valence-corrected chi connectivity index (χ2v) is 5.91. The lowest BCUT2D eigenvalue weighted by atomic mass is 9.84. The van der Waals surface area contributed by atoms with Gasteiger partial charge in [-0.25, -0.2) is 4.39 Å².